The van der Waals surface area contributed by atoms with Crippen LogP contribution in [-0.2, 0) is 6.54 Å². The number of carbonyl (C=O) groups excluding carboxylic acids is 1. The minimum Gasteiger partial charge on any atom is -0.335 e. The van der Waals surface area contributed by atoms with Crippen LogP contribution in [0.1, 0.15) is 39.5 Å². The van der Waals surface area contributed by atoms with Crippen LogP contribution in [0.15, 0.2) is 60.1 Å². The van der Waals surface area contributed by atoms with Crippen LogP contribution in [-0.4, -0.2) is 32.6 Å². The molecule has 0 radical (unpaired) electrons. The lowest BCUT2D eigenvalue weighted by molar-refractivity contribution is 0.0744. The van der Waals surface area contributed by atoms with Crippen molar-refractivity contribution in [3.63, 3.8) is 0 Å². The molecule has 0 aliphatic carbocycles. The van der Waals surface area contributed by atoms with Gasteiger partial charge in [-0.1, -0.05) is 36.4 Å². The van der Waals surface area contributed by atoms with Crippen LogP contribution in [0.2, 0.25) is 0 Å². The maximum atomic E-state index is 13.3. The van der Waals surface area contributed by atoms with Crippen LogP contribution in [0, 0.1) is 6.92 Å². The molecule has 0 aliphatic rings. The van der Waals surface area contributed by atoms with Crippen molar-refractivity contribution >= 4 is 28.3 Å². The topological polar surface area (TPSA) is 51.0 Å². The van der Waals surface area contributed by atoms with E-state index in [1.165, 1.54) is 4.88 Å². The molecule has 142 valence electrons. The second kappa shape index (κ2) is 7.56. The van der Waals surface area contributed by atoms with Gasteiger partial charge in [0.05, 0.1) is 29.7 Å². The molecule has 0 N–H and O–H groups in total. The summed E-state index contributed by atoms with van der Waals surface area (Å²) in [4.78, 5) is 21.0. The highest BCUT2D eigenvalue weighted by molar-refractivity contribution is 7.09. The summed E-state index contributed by atoms with van der Waals surface area (Å²) < 4.78 is 1.87. The fourth-order valence-corrected chi connectivity index (χ4v) is 4.02. The number of benzene rings is 1. The second-order valence-electron chi connectivity index (χ2n) is 6.93. The van der Waals surface area contributed by atoms with E-state index in [1.807, 2.05) is 68.0 Å². The Morgan fingerprint density at radius 3 is 2.71 bits per heavy atom. The number of aryl methyl sites for hydroxylation is 1. The Bertz CT molecular complexity index is 1100. The SMILES string of the molecule is Cc1cc(C(=O)N(C)C(C)c2ccccc2)c2cnn(Cc3cccs3)c2n1. The molecule has 0 fully saturated rings. The molecule has 28 heavy (non-hydrogen) atoms. The first kappa shape index (κ1) is 18.4. The number of nitrogens with zero attached hydrogens (tertiary/aromatic N) is 4. The van der Waals surface area contributed by atoms with Gasteiger partial charge in [-0.3, -0.25) is 4.79 Å². The molecule has 1 unspecified atom stereocenters. The molecule has 4 aromatic rings. The average molecular weight is 391 g/mol. The van der Waals surface area contributed by atoms with Crippen LogP contribution in [0.4, 0.5) is 0 Å². The first-order valence-electron chi connectivity index (χ1n) is 9.22. The van der Waals surface area contributed by atoms with E-state index in [0.717, 1.165) is 22.3 Å². The van der Waals surface area contributed by atoms with Crippen molar-refractivity contribution in [1.29, 1.82) is 0 Å². The van der Waals surface area contributed by atoms with Crippen molar-refractivity contribution in [3.05, 3.63) is 81.8 Å². The summed E-state index contributed by atoms with van der Waals surface area (Å²) in [7, 11) is 1.84. The van der Waals surface area contributed by atoms with Gasteiger partial charge in [0.1, 0.15) is 0 Å². The van der Waals surface area contributed by atoms with Crippen molar-refractivity contribution < 1.29 is 4.79 Å². The number of pyridine rings is 1. The van der Waals surface area contributed by atoms with E-state index in [1.54, 1.807) is 22.4 Å². The Hall–Kier alpha value is -2.99. The van der Waals surface area contributed by atoms with E-state index >= 15 is 0 Å². The summed E-state index contributed by atoms with van der Waals surface area (Å²) in [5.74, 6) is -0.0254. The van der Waals surface area contributed by atoms with Crippen molar-refractivity contribution in [3.8, 4) is 0 Å². The normalized spacial score (nSPS) is 12.2. The molecule has 1 atom stereocenters. The standard InChI is InChI=1S/C22H22N4OS/c1-15-12-19(22(27)25(3)16(2)17-8-5-4-6-9-17)20-13-23-26(21(20)24-15)14-18-10-7-11-28-18/h4-13,16H,14H2,1-3H3. The van der Waals surface area contributed by atoms with Crippen molar-refractivity contribution in [1.82, 2.24) is 19.7 Å². The van der Waals surface area contributed by atoms with Crippen LogP contribution in [0.25, 0.3) is 11.0 Å². The van der Waals surface area contributed by atoms with E-state index < -0.39 is 0 Å². The molecule has 0 saturated heterocycles. The molecule has 4 rings (SSSR count). The highest BCUT2D eigenvalue weighted by Gasteiger charge is 2.23. The van der Waals surface area contributed by atoms with Gasteiger partial charge in [-0.25, -0.2) is 9.67 Å². The zero-order valence-electron chi connectivity index (χ0n) is 16.2. The lowest BCUT2D eigenvalue weighted by Gasteiger charge is -2.25. The van der Waals surface area contributed by atoms with Gasteiger partial charge in [-0.05, 0) is 36.9 Å². The maximum absolute atomic E-state index is 13.3. The molecule has 3 heterocycles. The van der Waals surface area contributed by atoms with Crippen LogP contribution >= 0.6 is 11.3 Å². The molecular weight excluding hydrogens is 368 g/mol. The summed E-state index contributed by atoms with van der Waals surface area (Å²) in [5.41, 5.74) is 3.31. The molecule has 1 aromatic carbocycles. The molecule has 3 aromatic heterocycles. The monoisotopic (exact) mass is 390 g/mol. The first-order valence-corrected chi connectivity index (χ1v) is 10.1. The smallest absolute Gasteiger partial charge is 0.254 e. The first-order chi connectivity index (χ1) is 13.5. The number of rotatable bonds is 5. The van der Waals surface area contributed by atoms with Crippen LogP contribution in [0.3, 0.4) is 0 Å². The number of fused-ring (bicyclic) bond motifs is 1. The Kier molecular flexibility index (Phi) is 4.96. The molecular formula is C22H22N4OS. The summed E-state index contributed by atoms with van der Waals surface area (Å²) >= 11 is 1.69. The van der Waals surface area contributed by atoms with Crippen LogP contribution in [0.5, 0.6) is 0 Å². The van der Waals surface area contributed by atoms with Gasteiger partial charge in [-0.15, -0.1) is 11.3 Å². The van der Waals surface area contributed by atoms with Crippen LogP contribution < -0.4 is 0 Å². The van der Waals surface area contributed by atoms with Gasteiger partial charge in [0.15, 0.2) is 5.65 Å². The maximum Gasteiger partial charge on any atom is 0.254 e. The molecule has 6 heteroatoms. The highest BCUT2D eigenvalue weighted by atomic mass is 32.1. The Morgan fingerprint density at radius 1 is 1.21 bits per heavy atom. The van der Waals surface area contributed by atoms with E-state index in [2.05, 4.69) is 21.5 Å². The van der Waals surface area contributed by atoms with Gasteiger partial charge >= 0.3 is 0 Å². The number of carbonyl (C=O) groups is 1. The van der Waals surface area contributed by atoms with Gasteiger partial charge in [0.2, 0.25) is 0 Å². The lowest BCUT2D eigenvalue weighted by atomic mass is 10.1. The summed E-state index contributed by atoms with van der Waals surface area (Å²) in [6.07, 6.45) is 1.75. The third kappa shape index (κ3) is 3.43. The molecule has 0 spiro atoms. The Morgan fingerprint density at radius 2 is 2.00 bits per heavy atom. The predicted octanol–water partition coefficient (Wildman–Crippen LogP) is 4.68. The number of amides is 1. The number of thiophene rings is 1. The Balaban J connectivity index is 1.70. The van der Waals surface area contributed by atoms with Gasteiger partial charge < -0.3 is 4.90 Å². The summed E-state index contributed by atoms with van der Waals surface area (Å²) in [6.45, 7) is 4.61. The van der Waals surface area contributed by atoms with Crippen molar-refractivity contribution in [2.45, 2.75) is 26.4 Å². The minimum absolute atomic E-state index is 0.0254. The van der Waals surface area contributed by atoms with Gasteiger partial charge in [0, 0.05) is 17.6 Å². The third-order valence-corrected chi connectivity index (χ3v) is 5.90. The van der Waals surface area contributed by atoms with E-state index in [-0.39, 0.29) is 11.9 Å². The minimum atomic E-state index is -0.0293. The number of hydrogen-bond acceptors (Lipinski definition) is 4. The average Bonchev–Trinajstić information content (AvgIpc) is 3.37. The summed E-state index contributed by atoms with van der Waals surface area (Å²) in [5, 5.41) is 7.35. The van der Waals surface area contributed by atoms with Crippen molar-refractivity contribution in [2.75, 3.05) is 7.05 Å². The molecule has 0 saturated carbocycles. The van der Waals surface area contributed by atoms with E-state index in [0.29, 0.717) is 12.1 Å². The summed E-state index contributed by atoms with van der Waals surface area (Å²) in [6, 6.07) is 16.0. The zero-order chi connectivity index (χ0) is 19.7. The third-order valence-electron chi connectivity index (χ3n) is 5.04. The van der Waals surface area contributed by atoms with Crippen molar-refractivity contribution in [2.24, 2.45) is 0 Å². The second-order valence-corrected chi connectivity index (χ2v) is 7.97. The molecule has 1 amide bonds. The molecule has 0 bridgehead atoms. The molecule has 0 aliphatic heterocycles. The van der Waals surface area contributed by atoms with Gasteiger partial charge in [0.25, 0.3) is 5.91 Å². The quantitative estimate of drug-likeness (QED) is 0.497. The number of hydrogen-bond donors (Lipinski definition) is 0. The largest absolute Gasteiger partial charge is 0.335 e. The molecule has 5 nitrogen and oxygen atoms in total. The van der Waals surface area contributed by atoms with Gasteiger partial charge in [-0.2, -0.15) is 5.10 Å². The van der Waals surface area contributed by atoms with E-state index in [4.69, 9.17) is 0 Å². The zero-order valence-corrected chi connectivity index (χ0v) is 17.0. The number of aromatic nitrogens is 3. The lowest BCUT2D eigenvalue weighted by Crippen LogP contribution is -2.30. The fraction of sp³-hybridized carbons (Fsp3) is 0.227. The fourth-order valence-electron chi connectivity index (χ4n) is 3.34. The highest BCUT2D eigenvalue weighted by Crippen LogP contribution is 2.25. The Labute approximate surface area is 168 Å². The predicted molar refractivity (Wildman–Crippen MR) is 113 cm³/mol. The van der Waals surface area contributed by atoms with E-state index in [9.17, 15) is 4.79 Å².